The van der Waals surface area contributed by atoms with Gasteiger partial charge in [-0.1, -0.05) is 0 Å². The lowest BCUT2D eigenvalue weighted by Gasteiger charge is -2.01. The second-order valence-corrected chi connectivity index (χ2v) is 2.49. The SMILES string of the molecule is CC(=O)c1cnc(NC#N)nc1C. The lowest BCUT2D eigenvalue weighted by molar-refractivity contribution is 0.101. The quantitative estimate of drug-likeness (QED) is 0.411. The van der Waals surface area contributed by atoms with Crippen LogP contribution in [-0.2, 0) is 0 Å². The van der Waals surface area contributed by atoms with Crippen molar-refractivity contribution in [3.05, 3.63) is 17.5 Å². The molecule has 0 fully saturated rings. The highest BCUT2D eigenvalue weighted by Crippen LogP contribution is 2.06. The summed E-state index contributed by atoms with van der Waals surface area (Å²) in [7, 11) is 0. The topological polar surface area (TPSA) is 78.7 Å². The van der Waals surface area contributed by atoms with Crippen molar-refractivity contribution < 1.29 is 4.79 Å². The Labute approximate surface area is 75.4 Å². The number of aryl methyl sites for hydroxylation is 1. The van der Waals surface area contributed by atoms with E-state index in [1.807, 2.05) is 0 Å². The van der Waals surface area contributed by atoms with E-state index in [9.17, 15) is 4.79 Å². The predicted octanol–water partition coefficient (Wildman–Crippen LogP) is 0.881. The van der Waals surface area contributed by atoms with E-state index in [1.54, 1.807) is 13.1 Å². The molecule has 1 aromatic heterocycles. The number of hydrogen-bond acceptors (Lipinski definition) is 5. The first-order valence-electron chi connectivity index (χ1n) is 3.65. The largest absolute Gasteiger partial charge is 0.294 e. The van der Waals surface area contributed by atoms with E-state index in [1.165, 1.54) is 13.1 Å². The van der Waals surface area contributed by atoms with Crippen molar-refractivity contribution in [2.24, 2.45) is 0 Å². The fourth-order valence-electron chi connectivity index (χ4n) is 0.923. The summed E-state index contributed by atoms with van der Waals surface area (Å²) in [4.78, 5) is 18.7. The van der Waals surface area contributed by atoms with Gasteiger partial charge in [-0.25, -0.2) is 9.97 Å². The third kappa shape index (κ3) is 1.99. The lowest BCUT2D eigenvalue weighted by Crippen LogP contribution is -2.03. The summed E-state index contributed by atoms with van der Waals surface area (Å²) in [6.45, 7) is 3.14. The van der Waals surface area contributed by atoms with Gasteiger partial charge in [-0.05, 0) is 13.8 Å². The number of anilines is 1. The molecule has 1 aromatic rings. The molecule has 0 saturated carbocycles. The molecule has 5 nitrogen and oxygen atoms in total. The maximum Gasteiger partial charge on any atom is 0.236 e. The average molecular weight is 176 g/mol. The van der Waals surface area contributed by atoms with Crippen LogP contribution in [0.2, 0.25) is 0 Å². The van der Waals surface area contributed by atoms with E-state index < -0.39 is 0 Å². The summed E-state index contributed by atoms with van der Waals surface area (Å²) in [5.41, 5.74) is 1.05. The molecule has 0 aliphatic carbocycles. The number of nitriles is 1. The Kier molecular flexibility index (Phi) is 2.55. The Morgan fingerprint density at radius 1 is 1.69 bits per heavy atom. The van der Waals surface area contributed by atoms with Crippen molar-refractivity contribution in [3.63, 3.8) is 0 Å². The standard InChI is InChI=1S/C8H8N4O/c1-5-7(6(2)13)3-10-8(12-5)11-4-9/h3H,1-2H3,(H,10,11,12). The first kappa shape index (κ1) is 9.13. The highest BCUT2D eigenvalue weighted by atomic mass is 16.1. The third-order valence-electron chi connectivity index (χ3n) is 1.53. The molecule has 0 atom stereocenters. The molecular weight excluding hydrogens is 168 g/mol. The van der Waals surface area contributed by atoms with E-state index in [-0.39, 0.29) is 11.7 Å². The van der Waals surface area contributed by atoms with Gasteiger partial charge in [0.2, 0.25) is 5.95 Å². The maximum absolute atomic E-state index is 11.0. The minimum atomic E-state index is -0.0824. The molecule has 0 aliphatic rings. The molecule has 0 aliphatic heterocycles. The minimum absolute atomic E-state index is 0.0824. The van der Waals surface area contributed by atoms with Crippen LogP contribution in [-0.4, -0.2) is 15.8 Å². The highest BCUT2D eigenvalue weighted by Gasteiger charge is 2.06. The molecule has 0 radical (unpaired) electrons. The Morgan fingerprint density at radius 2 is 2.38 bits per heavy atom. The Morgan fingerprint density at radius 3 is 2.85 bits per heavy atom. The molecule has 1 N–H and O–H groups in total. The van der Waals surface area contributed by atoms with Crippen molar-refractivity contribution >= 4 is 11.7 Å². The fraction of sp³-hybridized carbons (Fsp3) is 0.250. The van der Waals surface area contributed by atoms with E-state index in [2.05, 4.69) is 15.3 Å². The van der Waals surface area contributed by atoms with Gasteiger partial charge in [0.05, 0.1) is 11.3 Å². The number of carbonyl (C=O) groups excluding carboxylic acids is 1. The van der Waals surface area contributed by atoms with Gasteiger partial charge in [-0.3, -0.25) is 10.1 Å². The monoisotopic (exact) mass is 176 g/mol. The number of hydrogen-bond donors (Lipinski definition) is 1. The van der Waals surface area contributed by atoms with Crippen LogP contribution in [0, 0.1) is 18.4 Å². The molecule has 5 heteroatoms. The summed E-state index contributed by atoms with van der Waals surface area (Å²) in [5, 5.41) is 10.6. The van der Waals surface area contributed by atoms with Crippen LogP contribution in [0.4, 0.5) is 5.95 Å². The first-order valence-corrected chi connectivity index (χ1v) is 3.65. The molecule has 0 saturated heterocycles. The van der Waals surface area contributed by atoms with Crippen LogP contribution < -0.4 is 5.32 Å². The van der Waals surface area contributed by atoms with E-state index in [4.69, 9.17) is 5.26 Å². The zero-order chi connectivity index (χ0) is 9.84. The minimum Gasteiger partial charge on any atom is -0.294 e. The predicted molar refractivity (Wildman–Crippen MR) is 46.0 cm³/mol. The van der Waals surface area contributed by atoms with Gasteiger partial charge in [-0.2, -0.15) is 5.26 Å². The molecule has 13 heavy (non-hydrogen) atoms. The maximum atomic E-state index is 11.0. The molecule has 0 amide bonds. The highest BCUT2D eigenvalue weighted by molar-refractivity contribution is 5.94. The van der Waals surface area contributed by atoms with Crippen LogP contribution in [0.15, 0.2) is 6.20 Å². The second kappa shape index (κ2) is 3.63. The second-order valence-electron chi connectivity index (χ2n) is 2.49. The Balaban J connectivity index is 3.07. The van der Waals surface area contributed by atoms with E-state index in [0.29, 0.717) is 11.3 Å². The first-order chi connectivity index (χ1) is 6.15. The molecule has 0 spiro atoms. The van der Waals surface area contributed by atoms with Gasteiger partial charge in [0.15, 0.2) is 12.0 Å². The molecule has 66 valence electrons. The van der Waals surface area contributed by atoms with E-state index >= 15 is 0 Å². The number of aromatic nitrogens is 2. The van der Waals surface area contributed by atoms with Crippen LogP contribution in [0.25, 0.3) is 0 Å². The van der Waals surface area contributed by atoms with Gasteiger partial charge in [0, 0.05) is 6.20 Å². The van der Waals surface area contributed by atoms with Gasteiger partial charge < -0.3 is 0 Å². The van der Waals surface area contributed by atoms with Crippen LogP contribution in [0.1, 0.15) is 23.0 Å². The number of ketones is 1. The molecule has 1 heterocycles. The molecule has 0 bridgehead atoms. The van der Waals surface area contributed by atoms with Crippen molar-refractivity contribution in [3.8, 4) is 6.19 Å². The van der Waals surface area contributed by atoms with Crippen molar-refractivity contribution in [1.29, 1.82) is 5.26 Å². The number of nitrogens with zero attached hydrogens (tertiary/aromatic N) is 3. The van der Waals surface area contributed by atoms with Gasteiger partial charge >= 0.3 is 0 Å². The average Bonchev–Trinajstić information content (AvgIpc) is 2.04. The molecule has 0 unspecified atom stereocenters. The van der Waals surface area contributed by atoms with Crippen molar-refractivity contribution in [2.45, 2.75) is 13.8 Å². The lowest BCUT2D eigenvalue weighted by atomic mass is 10.2. The third-order valence-corrected chi connectivity index (χ3v) is 1.53. The molecule has 1 rings (SSSR count). The van der Waals surface area contributed by atoms with Gasteiger partial charge in [-0.15, -0.1) is 0 Å². The fourth-order valence-corrected chi connectivity index (χ4v) is 0.923. The summed E-state index contributed by atoms with van der Waals surface area (Å²) in [6.07, 6.45) is 3.11. The van der Waals surface area contributed by atoms with Crippen LogP contribution in [0.5, 0.6) is 0 Å². The van der Waals surface area contributed by atoms with Crippen molar-refractivity contribution in [1.82, 2.24) is 9.97 Å². The van der Waals surface area contributed by atoms with Crippen LogP contribution in [0.3, 0.4) is 0 Å². The summed E-state index contributed by atoms with van der Waals surface area (Å²) < 4.78 is 0. The molecular formula is C8H8N4O. The zero-order valence-electron chi connectivity index (χ0n) is 7.33. The van der Waals surface area contributed by atoms with E-state index in [0.717, 1.165) is 0 Å². The number of rotatable bonds is 2. The summed E-state index contributed by atoms with van der Waals surface area (Å²) >= 11 is 0. The Hall–Kier alpha value is -1.96. The van der Waals surface area contributed by atoms with Gasteiger partial charge in [0.1, 0.15) is 0 Å². The molecule has 0 aromatic carbocycles. The summed E-state index contributed by atoms with van der Waals surface area (Å²) in [5.74, 6) is 0.131. The summed E-state index contributed by atoms with van der Waals surface area (Å²) in [6, 6.07) is 0. The van der Waals surface area contributed by atoms with Gasteiger partial charge in [0.25, 0.3) is 0 Å². The normalized spacial score (nSPS) is 9.00. The smallest absolute Gasteiger partial charge is 0.236 e. The number of carbonyl (C=O) groups is 1. The Bertz CT molecular complexity index is 380. The number of Topliss-reactive ketones (excluding diaryl/α,β-unsaturated/α-hetero) is 1. The van der Waals surface area contributed by atoms with Crippen LogP contribution >= 0.6 is 0 Å². The van der Waals surface area contributed by atoms with Crippen molar-refractivity contribution in [2.75, 3.05) is 5.32 Å². The zero-order valence-corrected chi connectivity index (χ0v) is 7.33. The number of nitrogens with one attached hydrogen (secondary N) is 1.